The fourth-order valence-electron chi connectivity index (χ4n) is 4.52. The Morgan fingerprint density at radius 3 is 2.18 bits per heavy atom. The van der Waals surface area contributed by atoms with E-state index < -0.39 is 10.0 Å². The topological polar surface area (TPSA) is 79.4 Å². The Hall–Kier alpha value is -3.40. The third-order valence-corrected chi connectivity index (χ3v) is 8.47. The van der Waals surface area contributed by atoms with Crippen LogP contribution in [0.15, 0.2) is 83.8 Å². The van der Waals surface area contributed by atoms with Crippen LogP contribution in [0.3, 0.4) is 0 Å². The number of hydrogen-bond acceptors (Lipinski definition) is 6. The monoisotopic (exact) mass is 537 g/mol. The van der Waals surface area contributed by atoms with Crippen LogP contribution in [0.4, 0.5) is 11.4 Å². The highest BCUT2D eigenvalue weighted by molar-refractivity contribution is 7.89. The van der Waals surface area contributed by atoms with Crippen LogP contribution in [0.2, 0.25) is 0 Å². The van der Waals surface area contributed by atoms with E-state index in [0.717, 1.165) is 47.4 Å². The van der Waals surface area contributed by atoms with Crippen LogP contribution < -0.4 is 14.5 Å². The van der Waals surface area contributed by atoms with Gasteiger partial charge in [-0.15, -0.1) is 0 Å². The number of methoxy groups -OCH3 is 1. The van der Waals surface area contributed by atoms with Gasteiger partial charge >= 0.3 is 0 Å². The molecule has 0 aliphatic carbocycles. The van der Waals surface area contributed by atoms with Gasteiger partial charge in [-0.2, -0.15) is 0 Å². The summed E-state index contributed by atoms with van der Waals surface area (Å²) in [5, 5.41) is 0. The third kappa shape index (κ3) is 6.35. The number of para-hydroxylation sites is 3. The molecule has 4 rings (SSSR count). The van der Waals surface area contributed by atoms with Gasteiger partial charge in [0.25, 0.3) is 5.91 Å². The highest BCUT2D eigenvalue weighted by Crippen LogP contribution is 2.33. The normalized spacial score (nSPS) is 14.5. The molecule has 0 radical (unpaired) electrons. The first kappa shape index (κ1) is 27.6. The molecule has 1 saturated heterocycles. The highest BCUT2D eigenvalue weighted by Gasteiger charge is 2.27. The predicted octanol–water partition coefficient (Wildman–Crippen LogP) is 4.28. The van der Waals surface area contributed by atoms with Crippen molar-refractivity contribution in [2.24, 2.45) is 0 Å². The molecule has 3 aromatic carbocycles. The number of hydrogen-bond donors (Lipinski definition) is 0. The lowest BCUT2D eigenvalue weighted by Crippen LogP contribution is -2.40. The zero-order valence-corrected chi connectivity index (χ0v) is 22.9. The summed E-state index contributed by atoms with van der Waals surface area (Å²) < 4.78 is 37.5. The Morgan fingerprint density at radius 2 is 1.55 bits per heavy atom. The van der Waals surface area contributed by atoms with E-state index in [0.29, 0.717) is 18.7 Å². The zero-order chi connectivity index (χ0) is 27.1. The third-order valence-electron chi connectivity index (χ3n) is 6.65. The van der Waals surface area contributed by atoms with Crippen molar-refractivity contribution in [2.45, 2.75) is 23.8 Å². The second-order valence-electron chi connectivity index (χ2n) is 9.37. The van der Waals surface area contributed by atoms with Gasteiger partial charge in [0.2, 0.25) is 10.0 Å². The number of benzene rings is 3. The van der Waals surface area contributed by atoms with Gasteiger partial charge in [-0.1, -0.05) is 30.3 Å². The van der Waals surface area contributed by atoms with E-state index in [-0.39, 0.29) is 16.9 Å². The molecular weight excluding hydrogens is 502 g/mol. The lowest BCUT2D eigenvalue weighted by molar-refractivity contribution is 0.0975. The molecule has 1 fully saturated rings. The summed E-state index contributed by atoms with van der Waals surface area (Å²) in [5.41, 5.74) is 2.17. The van der Waals surface area contributed by atoms with Crippen LogP contribution in [-0.4, -0.2) is 72.2 Å². The minimum absolute atomic E-state index is 0.142. The van der Waals surface area contributed by atoms with Crippen molar-refractivity contribution in [1.29, 1.82) is 0 Å². The number of ether oxygens (including phenoxy) is 2. The van der Waals surface area contributed by atoms with Gasteiger partial charge in [0.15, 0.2) is 0 Å². The molecule has 0 spiro atoms. The molecule has 0 N–H and O–H groups in total. The number of nitrogens with zero attached hydrogens (tertiary/aromatic N) is 3. The molecule has 0 aromatic heterocycles. The van der Waals surface area contributed by atoms with Crippen molar-refractivity contribution in [1.82, 2.24) is 4.31 Å². The molecule has 1 amide bonds. The zero-order valence-electron chi connectivity index (χ0n) is 22.1. The van der Waals surface area contributed by atoms with Gasteiger partial charge in [0.1, 0.15) is 11.9 Å². The summed E-state index contributed by atoms with van der Waals surface area (Å²) in [6, 6.07) is 23.8. The molecular formula is C29H35N3O5S. The van der Waals surface area contributed by atoms with Crippen molar-refractivity contribution < 1.29 is 22.7 Å². The first-order valence-electron chi connectivity index (χ1n) is 12.7. The van der Waals surface area contributed by atoms with Crippen LogP contribution in [-0.2, 0) is 14.8 Å². The van der Waals surface area contributed by atoms with Crippen molar-refractivity contribution in [3.8, 4) is 5.75 Å². The summed E-state index contributed by atoms with van der Waals surface area (Å²) in [5.74, 6) is 0.665. The Kier molecular flexibility index (Phi) is 9.04. The van der Waals surface area contributed by atoms with Gasteiger partial charge < -0.3 is 19.3 Å². The quantitative estimate of drug-likeness (QED) is 0.384. The molecule has 3 aromatic rings. The number of anilines is 2. The van der Waals surface area contributed by atoms with Crippen molar-refractivity contribution in [2.75, 3.05) is 57.2 Å². The van der Waals surface area contributed by atoms with Crippen LogP contribution in [0, 0.1) is 0 Å². The van der Waals surface area contributed by atoms with Gasteiger partial charge in [-0.05, 0) is 48.5 Å². The van der Waals surface area contributed by atoms with E-state index >= 15 is 0 Å². The molecule has 38 heavy (non-hydrogen) atoms. The van der Waals surface area contributed by atoms with Crippen LogP contribution >= 0.6 is 0 Å². The van der Waals surface area contributed by atoms with Crippen LogP contribution in [0.25, 0.3) is 0 Å². The summed E-state index contributed by atoms with van der Waals surface area (Å²) >= 11 is 0. The number of rotatable bonds is 10. The van der Waals surface area contributed by atoms with E-state index in [1.165, 1.54) is 26.2 Å². The molecule has 1 aliphatic rings. The lowest BCUT2D eigenvalue weighted by Gasteiger charge is -2.36. The van der Waals surface area contributed by atoms with Crippen LogP contribution in [0.1, 0.15) is 23.2 Å². The highest BCUT2D eigenvalue weighted by atomic mass is 32.2. The summed E-state index contributed by atoms with van der Waals surface area (Å²) in [7, 11) is 0.985. The molecule has 0 bridgehead atoms. The summed E-state index contributed by atoms with van der Waals surface area (Å²) in [6.45, 7) is 2.33. The van der Waals surface area contributed by atoms with E-state index in [4.69, 9.17) is 9.47 Å². The molecule has 0 saturated carbocycles. The van der Waals surface area contributed by atoms with E-state index in [2.05, 4.69) is 4.90 Å². The lowest BCUT2D eigenvalue weighted by atomic mass is 10.1. The largest absolute Gasteiger partial charge is 0.490 e. The van der Waals surface area contributed by atoms with Crippen molar-refractivity contribution in [3.05, 3.63) is 84.4 Å². The van der Waals surface area contributed by atoms with E-state index in [1.807, 2.05) is 54.6 Å². The van der Waals surface area contributed by atoms with Gasteiger partial charge in [0.05, 0.1) is 22.9 Å². The average Bonchev–Trinajstić information content (AvgIpc) is 2.94. The Labute approximate surface area is 225 Å². The smallest absolute Gasteiger partial charge is 0.258 e. The molecule has 1 heterocycles. The maximum atomic E-state index is 13.7. The summed E-state index contributed by atoms with van der Waals surface area (Å²) in [4.78, 5) is 17.9. The second-order valence-corrected chi connectivity index (χ2v) is 11.5. The average molecular weight is 538 g/mol. The molecule has 9 heteroatoms. The number of sulfonamides is 1. The fourth-order valence-corrected chi connectivity index (χ4v) is 5.42. The molecule has 0 unspecified atom stereocenters. The van der Waals surface area contributed by atoms with Gasteiger partial charge in [0, 0.05) is 59.2 Å². The van der Waals surface area contributed by atoms with E-state index in [9.17, 15) is 13.2 Å². The number of carbonyl (C=O) groups is 1. The van der Waals surface area contributed by atoms with Gasteiger partial charge in [-0.25, -0.2) is 12.7 Å². The summed E-state index contributed by atoms with van der Waals surface area (Å²) in [6.07, 6.45) is 1.89. The van der Waals surface area contributed by atoms with Gasteiger partial charge in [-0.3, -0.25) is 4.79 Å². The standard InChI is InChI=1S/C29H35N3O5S/c1-30(2)38(34,35)26-15-13-23(14-16-26)29(33)32(21-22-36-3)28-12-8-7-11-27(28)31-19-17-25(18-20-31)37-24-9-5-4-6-10-24/h4-16,25H,17-22H2,1-3H3. The first-order valence-corrected chi connectivity index (χ1v) is 14.1. The minimum Gasteiger partial charge on any atom is -0.490 e. The molecule has 1 aliphatic heterocycles. The Bertz CT molecular complexity index is 1310. The maximum Gasteiger partial charge on any atom is 0.258 e. The Balaban J connectivity index is 1.54. The van der Waals surface area contributed by atoms with Crippen molar-refractivity contribution >= 4 is 27.3 Å². The molecule has 0 atom stereocenters. The minimum atomic E-state index is -3.58. The number of piperidine rings is 1. The maximum absolute atomic E-state index is 13.7. The molecule has 8 nitrogen and oxygen atoms in total. The number of amides is 1. The number of carbonyl (C=O) groups excluding carboxylic acids is 1. The first-order chi connectivity index (χ1) is 18.3. The van der Waals surface area contributed by atoms with Crippen molar-refractivity contribution in [3.63, 3.8) is 0 Å². The Morgan fingerprint density at radius 1 is 0.921 bits per heavy atom. The van der Waals surface area contributed by atoms with Crippen LogP contribution in [0.5, 0.6) is 5.75 Å². The second kappa shape index (κ2) is 12.4. The molecule has 202 valence electrons. The van der Waals surface area contributed by atoms with E-state index in [1.54, 1.807) is 24.1 Å². The SMILES string of the molecule is COCCN(C(=O)c1ccc(S(=O)(=O)N(C)C)cc1)c1ccccc1N1CCC(Oc2ccccc2)CC1. The predicted molar refractivity (Wildman–Crippen MR) is 150 cm³/mol. The fraction of sp³-hybridized carbons (Fsp3) is 0.345.